The molecule has 1 aliphatic rings. The highest BCUT2D eigenvalue weighted by atomic mass is 32.2. The van der Waals surface area contributed by atoms with Crippen LogP contribution in [0.3, 0.4) is 0 Å². The summed E-state index contributed by atoms with van der Waals surface area (Å²) >= 11 is 0. The van der Waals surface area contributed by atoms with Crippen LogP contribution in [0.25, 0.3) is 17.2 Å². The summed E-state index contributed by atoms with van der Waals surface area (Å²) in [6.07, 6.45) is 4.59. The molecule has 198 valence electrons. The van der Waals surface area contributed by atoms with Crippen LogP contribution in [-0.2, 0) is 19.9 Å². The minimum atomic E-state index is -4.68. The molecule has 10 nitrogen and oxygen atoms in total. The van der Waals surface area contributed by atoms with Crippen molar-refractivity contribution < 1.29 is 38.0 Å². The van der Waals surface area contributed by atoms with Gasteiger partial charge in [-0.25, -0.2) is 9.55 Å². The van der Waals surface area contributed by atoms with Gasteiger partial charge < -0.3 is 29.3 Å². The van der Waals surface area contributed by atoms with Crippen molar-refractivity contribution in [1.82, 2.24) is 9.55 Å². The molecule has 0 bridgehead atoms. The topological polar surface area (TPSA) is 151 Å². The number of ether oxygens (including phenoxy) is 1. The summed E-state index contributed by atoms with van der Waals surface area (Å²) in [5, 5.41) is 19.9. The number of benzene rings is 2. The number of aliphatic hydroxyl groups is 2. The van der Waals surface area contributed by atoms with Crippen LogP contribution in [0.5, 0.6) is 5.75 Å². The zero-order valence-electron chi connectivity index (χ0n) is 20.0. The Morgan fingerprint density at radius 3 is 2.35 bits per heavy atom. The molecule has 0 saturated carbocycles. The molecule has 1 aliphatic heterocycles. The van der Waals surface area contributed by atoms with Crippen LogP contribution in [-0.4, -0.2) is 64.1 Å². The van der Waals surface area contributed by atoms with E-state index in [0.29, 0.717) is 17.3 Å². The molecule has 37 heavy (non-hydrogen) atoms. The van der Waals surface area contributed by atoms with Crippen LogP contribution < -0.4 is 4.74 Å². The summed E-state index contributed by atoms with van der Waals surface area (Å²) in [7, 11) is -5.73. The highest BCUT2D eigenvalue weighted by molar-refractivity contribution is 7.85. The molecule has 3 aromatic rings. The van der Waals surface area contributed by atoms with Gasteiger partial charge in [0.1, 0.15) is 29.9 Å². The zero-order chi connectivity index (χ0) is 26.6. The van der Waals surface area contributed by atoms with Crippen LogP contribution in [0.1, 0.15) is 30.5 Å². The molecule has 0 amide bonds. The van der Waals surface area contributed by atoms with Gasteiger partial charge in [-0.1, -0.05) is 48.6 Å². The predicted octanol–water partition coefficient (Wildman–Crippen LogP) is 2.84. The van der Waals surface area contributed by atoms with Gasteiger partial charge in [0.15, 0.2) is 0 Å². The molecule has 4 N–H and O–H groups in total. The van der Waals surface area contributed by atoms with E-state index in [9.17, 15) is 19.0 Å². The SMILES string of the molecule is C[C@H](O)c1nccn1C(/C=C/c1ccc(-c2ccc(OC3CS(=O)C[C@H]3O)cc2)cc1)COP(=O)(O)O. The summed E-state index contributed by atoms with van der Waals surface area (Å²) in [4.78, 5) is 22.4. The number of aromatic nitrogens is 2. The number of rotatable bonds is 10. The fourth-order valence-corrected chi connectivity index (χ4v) is 5.75. The Hall–Kier alpha value is -2.63. The Kier molecular flexibility index (Phi) is 8.76. The third kappa shape index (κ3) is 7.45. The molecular weight excluding hydrogens is 519 g/mol. The molecule has 1 saturated heterocycles. The Bertz CT molecular complexity index is 1290. The van der Waals surface area contributed by atoms with Crippen molar-refractivity contribution >= 4 is 24.7 Å². The molecule has 0 aliphatic carbocycles. The quantitative estimate of drug-likeness (QED) is 0.280. The van der Waals surface area contributed by atoms with Gasteiger partial charge in [0.05, 0.1) is 24.2 Å². The zero-order valence-corrected chi connectivity index (χ0v) is 21.7. The maximum Gasteiger partial charge on any atom is 0.469 e. The second-order valence-electron chi connectivity index (χ2n) is 8.72. The Labute approximate surface area is 216 Å². The number of aliphatic hydroxyl groups excluding tert-OH is 2. The van der Waals surface area contributed by atoms with Crippen molar-refractivity contribution in [3.8, 4) is 16.9 Å². The summed E-state index contributed by atoms with van der Waals surface area (Å²) in [6.45, 7) is 1.25. The molecule has 0 spiro atoms. The Morgan fingerprint density at radius 2 is 1.78 bits per heavy atom. The van der Waals surface area contributed by atoms with Gasteiger partial charge in [0, 0.05) is 23.2 Å². The van der Waals surface area contributed by atoms with Gasteiger partial charge in [-0.05, 0) is 35.7 Å². The summed E-state index contributed by atoms with van der Waals surface area (Å²) < 4.78 is 35.0. The number of phosphoric acid groups is 1. The maximum atomic E-state index is 11.6. The van der Waals surface area contributed by atoms with Crippen molar-refractivity contribution in [2.24, 2.45) is 0 Å². The molecule has 2 aromatic carbocycles. The predicted molar refractivity (Wildman–Crippen MR) is 139 cm³/mol. The van der Waals surface area contributed by atoms with Crippen molar-refractivity contribution in [2.75, 3.05) is 18.1 Å². The first-order valence-corrected chi connectivity index (χ1v) is 14.6. The van der Waals surface area contributed by atoms with Gasteiger partial charge in [-0.15, -0.1) is 0 Å². The van der Waals surface area contributed by atoms with Gasteiger partial charge >= 0.3 is 7.82 Å². The molecular formula is C25H29N2O8PS. The molecule has 1 aromatic heterocycles. The lowest BCUT2D eigenvalue weighted by molar-refractivity contribution is 0.0738. The molecule has 0 radical (unpaired) electrons. The first kappa shape index (κ1) is 27.4. The Morgan fingerprint density at radius 1 is 1.14 bits per heavy atom. The number of hydrogen-bond acceptors (Lipinski definition) is 7. The van der Waals surface area contributed by atoms with Crippen molar-refractivity contribution in [3.63, 3.8) is 0 Å². The third-order valence-corrected chi connectivity index (χ3v) is 7.77. The summed E-state index contributed by atoms with van der Waals surface area (Å²) in [6, 6.07) is 14.5. The van der Waals surface area contributed by atoms with Crippen molar-refractivity contribution in [3.05, 3.63) is 78.4 Å². The summed E-state index contributed by atoms with van der Waals surface area (Å²) in [5.41, 5.74) is 2.79. The Balaban J connectivity index is 1.45. The average molecular weight is 549 g/mol. The second-order valence-corrected chi connectivity index (χ2v) is 11.5. The first-order chi connectivity index (χ1) is 17.6. The minimum Gasteiger partial charge on any atom is -0.487 e. The van der Waals surface area contributed by atoms with E-state index in [2.05, 4.69) is 4.98 Å². The van der Waals surface area contributed by atoms with Gasteiger partial charge in [-0.3, -0.25) is 8.73 Å². The van der Waals surface area contributed by atoms with E-state index in [4.69, 9.17) is 19.0 Å². The van der Waals surface area contributed by atoms with Crippen LogP contribution >= 0.6 is 7.82 Å². The lowest BCUT2D eigenvalue weighted by atomic mass is 10.0. The second kappa shape index (κ2) is 11.8. The van der Waals surface area contributed by atoms with Crippen LogP contribution in [0.2, 0.25) is 0 Å². The number of nitrogens with zero attached hydrogens (tertiary/aromatic N) is 2. The van der Waals surface area contributed by atoms with E-state index in [-0.39, 0.29) is 12.4 Å². The van der Waals surface area contributed by atoms with E-state index in [1.165, 1.54) is 6.20 Å². The van der Waals surface area contributed by atoms with E-state index in [1.54, 1.807) is 29.8 Å². The van der Waals surface area contributed by atoms with Gasteiger partial charge in [0.25, 0.3) is 0 Å². The monoisotopic (exact) mass is 548 g/mol. The number of hydrogen-bond donors (Lipinski definition) is 4. The van der Waals surface area contributed by atoms with E-state index >= 15 is 0 Å². The molecule has 5 atom stereocenters. The first-order valence-electron chi connectivity index (χ1n) is 11.6. The van der Waals surface area contributed by atoms with E-state index < -0.39 is 43.0 Å². The highest BCUT2D eigenvalue weighted by Crippen LogP contribution is 2.37. The lowest BCUT2D eigenvalue weighted by Gasteiger charge is -2.19. The van der Waals surface area contributed by atoms with E-state index in [1.807, 2.05) is 48.5 Å². The smallest absolute Gasteiger partial charge is 0.469 e. The van der Waals surface area contributed by atoms with Crippen LogP contribution in [0.15, 0.2) is 67.0 Å². The molecule has 2 heterocycles. The normalized spacial score (nSPS) is 21.8. The van der Waals surface area contributed by atoms with Crippen LogP contribution in [0, 0.1) is 0 Å². The summed E-state index contributed by atoms with van der Waals surface area (Å²) in [5.74, 6) is 1.52. The number of phosphoric ester groups is 1. The van der Waals surface area contributed by atoms with Gasteiger partial charge in [0.2, 0.25) is 0 Å². The largest absolute Gasteiger partial charge is 0.487 e. The fraction of sp³-hybridized carbons (Fsp3) is 0.320. The molecule has 12 heteroatoms. The average Bonchev–Trinajstić information content (AvgIpc) is 3.46. The third-order valence-electron chi connectivity index (χ3n) is 5.88. The van der Waals surface area contributed by atoms with Crippen molar-refractivity contribution in [1.29, 1.82) is 0 Å². The maximum absolute atomic E-state index is 11.6. The molecule has 4 rings (SSSR count). The van der Waals surface area contributed by atoms with Crippen LogP contribution in [0.4, 0.5) is 0 Å². The van der Waals surface area contributed by atoms with E-state index in [0.717, 1.165) is 16.7 Å². The molecule has 3 unspecified atom stereocenters. The van der Waals surface area contributed by atoms with Gasteiger partial charge in [-0.2, -0.15) is 0 Å². The molecule has 1 fully saturated rings. The minimum absolute atomic E-state index is 0.241. The number of imidazole rings is 1. The standard InChI is InChI=1S/C25H29N2O8PS/c1-17(28)25-26-12-13-27(25)21(14-34-36(30,31)32)9-4-18-2-5-19(6-3-18)20-7-10-22(11-8-20)35-24-16-37(33)15-23(24)29/h2-13,17,21,23-24,28-29H,14-16H2,1H3,(H2,30,31,32)/b9-4+/t17-,21?,23+,24?,37?/m0/s1. The lowest BCUT2D eigenvalue weighted by Crippen LogP contribution is -2.29. The highest BCUT2D eigenvalue weighted by Gasteiger charge is 2.32. The van der Waals surface area contributed by atoms with Crippen molar-refractivity contribution in [2.45, 2.75) is 31.3 Å². The fourth-order valence-electron chi connectivity index (χ4n) is 4.01.